The topological polar surface area (TPSA) is 62.1 Å². The van der Waals surface area contributed by atoms with Crippen LogP contribution in [-0.4, -0.2) is 12.5 Å². The number of halogens is 3. The lowest BCUT2D eigenvalue weighted by Gasteiger charge is -2.11. The van der Waals surface area contributed by atoms with E-state index >= 15 is 0 Å². The van der Waals surface area contributed by atoms with Crippen molar-refractivity contribution in [3.8, 4) is 11.8 Å². The summed E-state index contributed by atoms with van der Waals surface area (Å²) in [4.78, 5) is 12.4. The number of carbonyl (C=O) groups excluding carboxylic acids is 1. The molecule has 2 aromatic rings. The van der Waals surface area contributed by atoms with Crippen LogP contribution in [0.5, 0.6) is 5.75 Å². The summed E-state index contributed by atoms with van der Waals surface area (Å²) in [6.45, 7) is 2.34. The molecule has 4 nitrogen and oxygen atoms in total. The van der Waals surface area contributed by atoms with Crippen LogP contribution in [0.15, 0.2) is 50.9 Å². The molecule has 2 aromatic carbocycles. The van der Waals surface area contributed by atoms with E-state index in [2.05, 4.69) is 59.8 Å². The van der Waals surface area contributed by atoms with Crippen molar-refractivity contribution in [2.75, 3.05) is 11.9 Å². The molecular weight excluding hydrogens is 563 g/mol. The van der Waals surface area contributed by atoms with Gasteiger partial charge < -0.3 is 10.1 Å². The number of carbonyl (C=O) groups is 1. The standard InChI is InChI=1S/C18H13Br2IN2O2/c1-2-25-17-11(7-13(19)8-16(17)20)6-12(10-22)18(24)23-15-5-3-4-14(21)9-15/h3-9H,2H2,1H3,(H,23,24)/b12-6+. The Morgan fingerprint density at radius 1 is 1.36 bits per heavy atom. The van der Waals surface area contributed by atoms with Crippen LogP contribution in [0, 0.1) is 14.9 Å². The smallest absolute Gasteiger partial charge is 0.266 e. The van der Waals surface area contributed by atoms with Crippen LogP contribution in [0.4, 0.5) is 5.69 Å². The number of nitriles is 1. The molecule has 0 saturated heterocycles. The van der Waals surface area contributed by atoms with E-state index in [0.717, 1.165) is 12.5 Å². The Hall–Kier alpha value is -1.37. The number of benzene rings is 2. The second-order valence-electron chi connectivity index (χ2n) is 4.87. The lowest BCUT2D eigenvalue weighted by atomic mass is 10.1. The molecule has 128 valence electrons. The average Bonchev–Trinajstić information content (AvgIpc) is 2.55. The molecule has 0 aliphatic carbocycles. The van der Waals surface area contributed by atoms with Crippen LogP contribution in [0.3, 0.4) is 0 Å². The Kier molecular flexibility index (Phi) is 7.47. The summed E-state index contributed by atoms with van der Waals surface area (Å²) in [6, 6.07) is 13.0. The molecule has 0 radical (unpaired) electrons. The minimum absolute atomic E-state index is 0.00943. The highest BCUT2D eigenvalue weighted by atomic mass is 127. The van der Waals surface area contributed by atoms with Gasteiger partial charge >= 0.3 is 0 Å². The first-order valence-corrected chi connectivity index (χ1v) is 9.91. The van der Waals surface area contributed by atoms with Crippen LogP contribution in [0.2, 0.25) is 0 Å². The zero-order chi connectivity index (χ0) is 18.4. The zero-order valence-electron chi connectivity index (χ0n) is 13.1. The van der Waals surface area contributed by atoms with Crippen molar-refractivity contribution in [1.29, 1.82) is 5.26 Å². The molecule has 0 aliphatic rings. The first kappa shape index (κ1) is 19.9. The highest BCUT2D eigenvalue weighted by Gasteiger charge is 2.14. The van der Waals surface area contributed by atoms with Gasteiger partial charge in [0.05, 0.1) is 11.1 Å². The summed E-state index contributed by atoms with van der Waals surface area (Å²) in [5, 5.41) is 12.1. The molecule has 1 amide bonds. The van der Waals surface area contributed by atoms with Gasteiger partial charge in [0.25, 0.3) is 5.91 Å². The van der Waals surface area contributed by atoms with E-state index in [4.69, 9.17) is 4.74 Å². The van der Waals surface area contributed by atoms with Crippen molar-refractivity contribution in [1.82, 2.24) is 0 Å². The van der Waals surface area contributed by atoms with E-state index in [9.17, 15) is 10.1 Å². The summed E-state index contributed by atoms with van der Waals surface area (Å²) < 4.78 is 8.17. The Morgan fingerprint density at radius 2 is 2.12 bits per heavy atom. The first-order chi connectivity index (χ1) is 11.9. The monoisotopic (exact) mass is 574 g/mol. The van der Waals surface area contributed by atoms with Crippen molar-refractivity contribution in [3.05, 3.63) is 60.1 Å². The minimum Gasteiger partial charge on any atom is -0.492 e. The SMILES string of the molecule is CCOc1c(Br)cc(Br)cc1/C=C(\C#N)C(=O)Nc1cccc(I)c1. The third-order valence-corrected chi connectivity index (χ3v) is 4.79. The maximum absolute atomic E-state index is 12.4. The van der Waals surface area contributed by atoms with Crippen LogP contribution in [-0.2, 0) is 4.79 Å². The molecule has 0 heterocycles. The molecule has 0 saturated carbocycles. The summed E-state index contributed by atoms with van der Waals surface area (Å²) >= 11 is 9.01. The Labute approximate surface area is 176 Å². The number of nitrogens with one attached hydrogen (secondary N) is 1. The van der Waals surface area contributed by atoms with Crippen LogP contribution in [0.1, 0.15) is 12.5 Å². The summed E-state index contributed by atoms with van der Waals surface area (Å²) in [7, 11) is 0. The van der Waals surface area contributed by atoms with E-state index in [1.165, 1.54) is 6.08 Å². The molecule has 0 aliphatic heterocycles. The van der Waals surface area contributed by atoms with E-state index in [1.54, 1.807) is 12.1 Å². The largest absolute Gasteiger partial charge is 0.492 e. The van der Waals surface area contributed by atoms with Gasteiger partial charge in [-0.2, -0.15) is 5.26 Å². The highest BCUT2D eigenvalue weighted by molar-refractivity contribution is 14.1. The van der Waals surface area contributed by atoms with E-state index in [-0.39, 0.29) is 5.57 Å². The number of nitrogens with zero attached hydrogens (tertiary/aromatic N) is 1. The molecule has 25 heavy (non-hydrogen) atoms. The quantitative estimate of drug-likeness (QED) is 0.280. The molecule has 0 fully saturated rings. The average molecular weight is 576 g/mol. The zero-order valence-corrected chi connectivity index (χ0v) is 18.5. The van der Waals surface area contributed by atoms with Crippen molar-refractivity contribution in [2.24, 2.45) is 0 Å². The fourth-order valence-corrected chi connectivity index (χ4v) is 3.97. The Bertz CT molecular complexity index is 876. The number of rotatable bonds is 5. The van der Waals surface area contributed by atoms with Gasteiger partial charge in [0.2, 0.25) is 0 Å². The van der Waals surface area contributed by atoms with Gasteiger partial charge in [-0.25, -0.2) is 0 Å². The number of hydrogen-bond donors (Lipinski definition) is 1. The lowest BCUT2D eigenvalue weighted by molar-refractivity contribution is -0.112. The van der Waals surface area contributed by atoms with Gasteiger partial charge in [-0.1, -0.05) is 22.0 Å². The number of ether oxygens (including phenoxy) is 1. The van der Waals surface area contributed by atoms with Gasteiger partial charge in [-0.3, -0.25) is 4.79 Å². The summed E-state index contributed by atoms with van der Waals surface area (Å²) in [5.41, 5.74) is 1.26. The number of anilines is 1. The highest BCUT2D eigenvalue weighted by Crippen LogP contribution is 2.34. The molecular formula is C18H13Br2IN2O2. The van der Waals surface area contributed by atoms with Gasteiger partial charge in [-0.05, 0) is 81.9 Å². The molecule has 7 heteroatoms. The lowest BCUT2D eigenvalue weighted by Crippen LogP contribution is -2.13. The molecule has 0 bridgehead atoms. The first-order valence-electron chi connectivity index (χ1n) is 7.25. The van der Waals surface area contributed by atoms with Gasteiger partial charge in [0.1, 0.15) is 17.4 Å². The molecule has 2 rings (SSSR count). The third-order valence-electron chi connectivity index (χ3n) is 3.07. The van der Waals surface area contributed by atoms with Crippen molar-refractivity contribution in [2.45, 2.75) is 6.92 Å². The minimum atomic E-state index is -0.469. The normalized spacial score (nSPS) is 10.9. The fourth-order valence-electron chi connectivity index (χ4n) is 2.05. The van der Waals surface area contributed by atoms with Crippen LogP contribution in [0.25, 0.3) is 6.08 Å². The molecule has 0 spiro atoms. The Balaban J connectivity index is 2.37. The van der Waals surface area contributed by atoms with Gasteiger partial charge in [0.15, 0.2) is 0 Å². The molecule has 1 N–H and O–H groups in total. The van der Waals surface area contributed by atoms with Crippen molar-refractivity contribution in [3.63, 3.8) is 0 Å². The second-order valence-corrected chi connectivity index (χ2v) is 7.89. The maximum Gasteiger partial charge on any atom is 0.266 e. The van der Waals surface area contributed by atoms with Crippen LogP contribution >= 0.6 is 54.5 Å². The summed E-state index contributed by atoms with van der Waals surface area (Å²) in [6.07, 6.45) is 1.52. The summed E-state index contributed by atoms with van der Waals surface area (Å²) in [5.74, 6) is 0.114. The number of amides is 1. The third kappa shape index (κ3) is 5.56. The molecule has 0 atom stereocenters. The predicted octanol–water partition coefficient (Wildman–Crippen LogP) is 5.76. The molecule has 0 unspecified atom stereocenters. The Morgan fingerprint density at radius 3 is 2.76 bits per heavy atom. The van der Waals surface area contributed by atoms with E-state index < -0.39 is 5.91 Å². The van der Waals surface area contributed by atoms with Gasteiger partial charge in [0, 0.05) is 19.3 Å². The molecule has 0 aromatic heterocycles. The van der Waals surface area contributed by atoms with Crippen LogP contribution < -0.4 is 10.1 Å². The van der Waals surface area contributed by atoms with E-state index in [0.29, 0.717) is 23.6 Å². The van der Waals surface area contributed by atoms with Gasteiger partial charge in [-0.15, -0.1) is 0 Å². The fraction of sp³-hybridized carbons (Fsp3) is 0.111. The second kappa shape index (κ2) is 9.36. The number of hydrogen-bond acceptors (Lipinski definition) is 3. The maximum atomic E-state index is 12.4. The van der Waals surface area contributed by atoms with Crippen molar-refractivity contribution >= 4 is 72.1 Å². The predicted molar refractivity (Wildman–Crippen MR) is 114 cm³/mol. The van der Waals surface area contributed by atoms with Crippen molar-refractivity contribution < 1.29 is 9.53 Å². The van der Waals surface area contributed by atoms with E-state index in [1.807, 2.05) is 37.3 Å².